The van der Waals surface area contributed by atoms with Crippen molar-refractivity contribution in [1.29, 1.82) is 0 Å². The molecule has 1 unspecified atom stereocenters. The molecule has 29 heavy (non-hydrogen) atoms. The van der Waals surface area contributed by atoms with Crippen molar-refractivity contribution in [3.05, 3.63) is 36.8 Å². The standard InChI is InChI=1S/C21H25N5O3/c1-4-28-19-10-15-16(6-8-22-18(15)11-20(19)29-5-2)24-17-7-9-26(21(17)27)14-12-23-25(3)13-14/h6,8,10-13,17H,4-5,7,9H2,1-3H3,(H,22,24). The lowest BCUT2D eigenvalue weighted by atomic mass is 10.1. The molecule has 8 heteroatoms. The Kier molecular flexibility index (Phi) is 5.24. The van der Waals surface area contributed by atoms with Crippen LogP contribution in [-0.4, -0.2) is 46.5 Å². The molecule has 3 heterocycles. The summed E-state index contributed by atoms with van der Waals surface area (Å²) < 4.78 is 13.2. The van der Waals surface area contributed by atoms with Gasteiger partial charge in [-0.05, 0) is 32.4 Å². The molecule has 1 amide bonds. The first-order valence-electron chi connectivity index (χ1n) is 9.85. The maximum absolute atomic E-state index is 12.9. The number of carbonyl (C=O) groups is 1. The van der Waals surface area contributed by atoms with Gasteiger partial charge in [-0.3, -0.25) is 14.5 Å². The van der Waals surface area contributed by atoms with E-state index in [1.807, 2.05) is 45.3 Å². The number of pyridine rings is 1. The van der Waals surface area contributed by atoms with Gasteiger partial charge in [0, 0.05) is 43.1 Å². The SMILES string of the molecule is CCOc1cc2nccc(NC3CCN(c4cnn(C)c4)C3=O)c2cc1OCC. The third kappa shape index (κ3) is 3.70. The number of anilines is 2. The van der Waals surface area contributed by atoms with Crippen molar-refractivity contribution >= 4 is 28.2 Å². The monoisotopic (exact) mass is 395 g/mol. The highest BCUT2D eigenvalue weighted by molar-refractivity contribution is 6.02. The summed E-state index contributed by atoms with van der Waals surface area (Å²) in [5, 5.41) is 8.47. The zero-order valence-corrected chi connectivity index (χ0v) is 16.9. The Balaban J connectivity index is 1.62. The molecule has 8 nitrogen and oxygen atoms in total. The molecule has 1 fully saturated rings. The maximum atomic E-state index is 12.9. The lowest BCUT2D eigenvalue weighted by molar-refractivity contribution is -0.117. The predicted molar refractivity (Wildman–Crippen MR) is 112 cm³/mol. The maximum Gasteiger partial charge on any atom is 0.249 e. The summed E-state index contributed by atoms with van der Waals surface area (Å²) in [6, 6.07) is 5.39. The zero-order valence-electron chi connectivity index (χ0n) is 16.9. The Morgan fingerprint density at radius 3 is 2.66 bits per heavy atom. The number of ether oxygens (including phenoxy) is 2. The molecule has 1 aliphatic rings. The summed E-state index contributed by atoms with van der Waals surface area (Å²) >= 11 is 0. The van der Waals surface area contributed by atoms with E-state index in [1.165, 1.54) is 0 Å². The number of hydrogen-bond acceptors (Lipinski definition) is 6. The fourth-order valence-electron chi connectivity index (χ4n) is 3.62. The fourth-order valence-corrected chi connectivity index (χ4v) is 3.62. The van der Waals surface area contributed by atoms with Crippen LogP contribution in [0.1, 0.15) is 20.3 Å². The second-order valence-electron chi connectivity index (χ2n) is 6.89. The van der Waals surface area contributed by atoms with Gasteiger partial charge in [-0.1, -0.05) is 0 Å². The lowest BCUT2D eigenvalue weighted by Gasteiger charge is -2.18. The van der Waals surface area contributed by atoms with Crippen molar-refractivity contribution in [3.63, 3.8) is 0 Å². The predicted octanol–water partition coefficient (Wildman–Crippen LogP) is 2.98. The van der Waals surface area contributed by atoms with Gasteiger partial charge in [0.05, 0.1) is 30.6 Å². The van der Waals surface area contributed by atoms with Gasteiger partial charge in [0.15, 0.2) is 11.5 Å². The molecule has 3 aromatic rings. The van der Waals surface area contributed by atoms with Gasteiger partial charge in [-0.25, -0.2) is 0 Å². The van der Waals surface area contributed by atoms with E-state index >= 15 is 0 Å². The summed E-state index contributed by atoms with van der Waals surface area (Å²) in [4.78, 5) is 19.2. The van der Waals surface area contributed by atoms with Crippen molar-refractivity contribution in [2.75, 3.05) is 30.0 Å². The first-order valence-corrected chi connectivity index (χ1v) is 9.85. The fraction of sp³-hybridized carbons (Fsp3) is 0.381. The van der Waals surface area contributed by atoms with Crippen molar-refractivity contribution < 1.29 is 14.3 Å². The van der Waals surface area contributed by atoms with Gasteiger partial charge < -0.3 is 19.7 Å². The highest BCUT2D eigenvalue weighted by Gasteiger charge is 2.33. The molecular formula is C21H25N5O3. The number of amides is 1. The molecule has 1 aliphatic heterocycles. The Morgan fingerprint density at radius 1 is 1.21 bits per heavy atom. The smallest absolute Gasteiger partial charge is 0.249 e. The second-order valence-corrected chi connectivity index (χ2v) is 6.89. The molecule has 0 spiro atoms. The number of hydrogen-bond donors (Lipinski definition) is 1. The Labute approximate surface area is 169 Å². The van der Waals surface area contributed by atoms with E-state index < -0.39 is 0 Å². The average molecular weight is 395 g/mol. The van der Waals surface area contributed by atoms with Crippen LogP contribution in [0.5, 0.6) is 11.5 Å². The van der Waals surface area contributed by atoms with E-state index in [2.05, 4.69) is 15.4 Å². The van der Waals surface area contributed by atoms with Crippen LogP contribution in [-0.2, 0) is 11.8 Å². The highest BCUT2D eigenvalue weighted by Crippen LogP contribution is 2.35. The van der Waals surface area contributed by atoms with Crippen LogP contribution in [0.4, 0.5) is 11.4 Å². The van der Waals surface area contributed by atoms with Crippen LogP contribution in [0, 0.1) is 0 Å². The van der Waals surface area contributed by atoms with Crippen molar-refractivity contribution in [2.24, 2.45) is 7.05 Å². The quantitative estimate of drug-likeness (QED) is 0.662. The summed E-state index contributed by atoms with van der Waals surface area (Å²) in [5.74, 6) is 1.39. The number of nitrogens with zero attached hydrogens (tertiary/aromatic N) is 4. The molecule has 1 atom stereocenters. The molecule has 1 aromatic carbocycles. The van der Waals surface area contributed by atoms with Crippen LogP contribution < -0.4 is 19.7 Å². The number of benzene rings is 1. The second kappa shape index (κ2) is 7.98. The van der Waals surface area contributed by atoms with Crippen molar-refractivity contribution in [1.82, 2.24) is 14.8 Å². The normalized spacial score (nSPS) is 16.4. The number of rotatable bonds is 7. The minimum atomic E-state index is -0.303. The summed E-state index contributed by atoms with van der Waals surface area (Å²) in [7, 11) is 1.84. The van der Waals surface area contributed by atoms with E-state index in [1.54, 1.807) is 22.0 Å². The minimum absolute atomic E-state index is 0.0407. The van der Waals surface area contributed by atoms with Gasteiger partial charge >= 0.3 is 0 Å². The third-order valence-corrected chi connectivity index (χ3v) is 4.94. The molecule has 0 radical (unpaired) electrons. The largest absolute Gasteiger partial charge is 0.490 e. The molecule has 0 bridgehead atoms. The first-order chi connectivity index (χ1) is 14.1. The Bertz CT molecular complexity index is 1030. The number of carbonyl (C=O) groups excluding carboxylic acids is 1. The van der Waals surface area contributed by atoms with Gasteiger partial charge in [0.2, 0.25) is 5.91 Å². The van der Waals surface area contributed by atoms with E-state index in [4.69, 9.17) is 9.47 Å². The van der Waals surface area contributed by atoms with Crippen molar-refractivity contribution in [3.8, 4) is 11.5 Å². The van der Waals surface area contributed by atoms with Gasteiger partial charge in [-0.2, -0.15) is 5.10 Å². The Hall–Kier alpha value is -3.29. The van der Waals surface area contributed by atoms with E-state index in [-0.39, 0.29) is 11.9 Å². The Morgan fingerprint density at radius 2 is 1.97 bits per heavy atom. The molecule has 0 aliphatic carbocycles. The summed E-state index contributed by atoms with van der Waals surface area (Å²) in [6.45, 7) is 5.61. The highest BCUT2D eigenvalue weighted by atomic mass is 16.5. The summed E-state index contributed by atoms with van der Waals surface area (Å²) in [6.07, 6.45) is 6.02. The minimum Gasteiger partial charge on any atom is -0.490 e. The topological polar surface area (TPSA) is 81.5 Å². The van der Waals surface area contributed by atoms with Gasteiger partial charge in [-0.15, -0.1) is 0 Å². The number of fused-ring (bicyclic) bond motifs is 1. The van der Waals surface area contributed by atoms with Crippen molar-refractivity contribution in [2.45, 2.75) is 26.3 Å². The van der Waals surface area contributed by atoms with Crippen LogP contribution in [0.2, 0.25) is 0 Å². The van der Waals surface area contributed by atoms with E-state index in [0.29, 0.717) is 37.7 Å². The number of nitrogens with one attached hydrogen (secondary N) is 1. The molecule has 4 rings (SSSR count). The van der Waals surface area contributed by atoms with Gasteiger partial charge in [0.25, 0.3) is 0 Å². The molecule has 1 N–H and O–H groups in total. The molecular weight excluding hydrogens is 370 g/mol. The zero-order chi connectivity index (χ0) is 20.4. The molecule has 152 valence electrons. The van der Waals surface area contributed by atoms with E-state index in [0.717, 1.165) is 22.3 Å². The molecule has 1 saturated heterocycles. The first kappa shape index (κ1) is 19.0. The van der Waals surface area contributed by atoms with Gasteiger partial charge in [0.1, 0.15) is 6.04 Å². The summed E-state index contributed by atoms with van der Waals surface area (Å²) in [5.41, 5.74) is 2.46. The lowest BCUT2D eigenvalue weighted by Crippen LogP contribution is -2.33. The van der Waals surface area contributed by atoms with Crippen LogP contribution >= 0.6 is 0 Å². The van der Waals surface area contributed by atoms with E-state index in [9.17, 15) is 4.79 Å². The average Bonchev–Trinajstić information content (AvgIpc) is 3.29. The number of aryl methyl sites for hydroxylation is 1. The third-order valence-electron chi connectivity index (χ3n) is 4.94. The van der Waals surface area contributed by atoms with Crippen LogP contribution in [0.15, 0.2) is 36.8 Å². The number of aromatic nitrogens is 3. The van der Waals surface area contributed by atoms with Crippen LogP contribution in [0.25, 0.3) is 10.9 Å². The van der Waals surface area contributed by atoms with Crippen LogP contribution in [0.3, 0.4) is 0 Å². The molecule has 2 aromatic heterocycles. The molecule has 0 saturated carbocycles.